The highest BCUT2D eigenvalue weighted by molar-refractivity contribution is 9.10. The van der Waals surface area contributed by atoms with Gasteiger partial charge in [0.2, 0.25) is 0 Å². The minimum Gasteiger partial charge on any atom is -0.384 e. The highest BCUT2D eigenvalue weighted by Gasteiger charge is 2.01. The summed E-state index contributed by atoms with van der Waals surface area (Å²) in [7, 11) is 0. The van der Waals surface area contributed by atoms with Crippen molar-refractivity contribution in [2.75, 3.05) is 11.9 Å². The molecule has 1 aromatic carbocycles. The molecule has 13 heavy (non-hydrogen) atoms. The number of anilines is 1. The molecule has 0 radical (unpaired) electrons. The van der Waals surface area contributed by atoms with E-state index in [9.17, 15) is 0 Å². The highest BCUT2D eigenvalue weighted by atomic mass is 79.9. The van der Waals surface area contributed by atoms with Crippen LogP contribution in [0.3, 0.4) is 0 Å². The SMILES string of the molecule is Cc1cccc(NCC(C)C)c1Br. The lowest BCUT2D eigenvalue weighted by Crippen LogP contribution is -2.08. The molecule has 0 aromatic heterocycles. The fourth-order valence-electron chi connectivity index (χ4n) is 1.10. The fraction of sp³-hybridized carbons (Fsp3) is 0.455. The van der Waals surface area contributed by atoms with Crippen LogP contribution in [-0.4, -0.2) is 6.54 Å². The van der Waals surface area contributed by atoms with Gasteiger partial charge in [-0.1, -0.05) is 26.0 Å². The fourth-order valence-corrected chi connectivity index (χ4v) is 1.50. The molecule has 0 aliphatic rings. The van der Waals surface area contributed by atoms with Gasteiger partial charge >= 0.3 is 0 Å². The molecule has 1 N–H and O–H groups in total. The molecule has 2 heteroatoms. The van der Waals surface area contributed by atoms with E-state index in [1.54, 1.807) is 0 Å². The van der Waals surface area contributed by atoms with Gasteiger partial charge in [-0.05, 0) is 40.4 Å². The molecule has 1 aromatic rings. The van der Waals surface area contributed by atoms with Crippen LogP contribution in [-0.2, 0) is 0 Å². The Morgan fingerprint density at radius 2 is 2.08 bits per heavy atom. The Kier molecular flexibility index (Phi) is 3.79. The number of aryl methyl sites for hydroxylation is 1. The van der Waals surface area contributed by atoms with Crippen molar-refractivity contribution < 1.29 is 0 Å². The number of hydrogen-bond acceptors (Lipinski definition) is 1. The minimum absolute atomic E-state index is 0.674. The van der Waals surface area contributed by atoms with Crippen molar-refractivity contribution in [2.24, 2.45) is 5.92 Å². The molecule has 0 heterocycles. The minimum atomic E-state index is 0.674. The lowest BCUT2D eigenvalue weighted by molar-refractivity contribution is 0.688. The Morgan fingerprint density at radius 3 is 2.69 bits per heavy atom. The Balaban J connectivity index is 2.71. The van der Waals surface area contributed by atoms with Crippen LogP contribution >= 0.6 is 15.9 Å². The monoisotopic (exact) mass is 241 g/mol. The van der Waals surface area contributed by atoms with E-state index in [-0.39, 0.29) is 0 Å². The third-order valence-corrected chi connectivity index (χ3v) is 2.95. The summed E-state index contributed by atoms with van der Waals surface area (Å²) in [5.41, 5.74) is 2.46. The number of rotatable bonds is 3. The predicted octanol–water partition coefficient (Wildman–Crippen LogP) is 3.83. The van der Waals surface area contributed by atoms with Crippen LogP contribution in [0.15, 0.2) is 22.7 Å². The number of hydrogen-bond donors (Lipinski definition) is 1. The van der Waals surface area contributed by atoms with Crippen molar-refractivity contribution in [2.45, 2.75) is 20.8 Å². The van der Waals surface area contributed by atoms with Crippen molar-refractivity contribution in [1.29, 1.82) is 0 Å². The molecule has 0 amide bonds. The van der Waals surface area contributed by atoms with Crippen LogP contribution in [0.5, 0.6) is 0 Å². The van der Waals surface area contributed by atoms with Gasteiger partial charge in [0.25, 0.3) is 0 Å². The summed E-state index contributed by atoms with van der Waals surface area (Å²) >= 11 is 3.57. The summed E-state index contributed by atoms with van der Waals surface area (Å²) in [4.78, 5) is 0. The van der Waals surface area contributed by atoms with E-state index >= 15 is 0 Å². The van der Waals surface area contributed by atoms with Gasteiger partial charge in [0, 0.05) is 16.7 Å². The number of halogens is 1. The first-order valence-electron chi connectivity index (χ1n) is 4.60. The number of benzene rings is 1. The molecule has 0 saturated carbocycles. The summed E-state index contributed by atoms with van der Waals surface area (Å²) in [6.45, 7) is 7.53. The third kappa shape index (κ3) is 3.03. The van der Waals surface area contributed by atoms with Crippen LogP contribution in [0, 0.1) is 12.8 Å². The van der Waals surface area contributed by atoms with E-state index in [4.69, 9.17) is 0 Å². The van der Waals surface area contributed by atoms with Crippen molar-refractivity contribution in [3.05, 3.63) is 28.2 Å². The van der Waals surface area contributed by atoms with Crippen molar-refractivity contribution in [1.82, 2.24) is 0 Å². The van der Waals surface area contributed by atoms with Gasteiger partial charge in [-0.3, -0.25) is 0 Å². The summed E-state index contributed by atoms with van der Waals surface area (Å²) < 4.78 is 1.18. The van der Waals surface area contributed by atoms with Gasteiger partial charge < -0.3 is 5.32 Å². The summed E-state index contributed by atoms with van der Waals surface area (Å²) in [6.07, 6.45) is 0. The lowest BCUT2D eigenvalue weighted by atomic mass is 10.2. The molecule has 0 atom stereocenters. The zero-order chi connectivity index (χ0) is 9.84. The summed E-state index contributed by atoms with van der Waals surface area (Å²) in [5.74, 6) is 0.674. The van der Waals surface area contributed by atoms with Crippen LogP contribution < -0.4 is 5.32 Å². The second kappa shape index (κ2) is 4.66. The molecule has 0 fully saturated rings. The van der Waals surface area contributed by atoms with Gasteiger partial charge in [0.1, 0.15) is 0 Å². The standard InChI is InChI=1S/C11H16BrN/c1-8(2)7-13-10-6-4-5-9(3)11(10)12/h4-6,8,13H,7H2,1-3H3. The van der Waals surface area contributed by atoms with Crippen LogP contribution in [0.4, 0.5) is 5.69 Å². The highest BCUT2D eigenvalue weighted by Crippen LogP contribution is 2.25. The summed E-state index contributed by atoms with van der Waals surface area (Å²) in [6, 6.07) is 6.27. The molecule has 0 aliphatic heterocycles. The Morgan fingerprint density at radius 1 is 1.38 bits per heavy atom. The molecule has 1 nitrogen and oxygen atoms in total. The molecule has 0 unspecified atom stereocenters. The molecular formula is C11H16BrN. The average molecular weight is 242 g/mol. The van der Waals surface area contributed by atoms with E-state index in [0.29, 0.717) is 5.92 Å². The smallest absolute Gasteiger partial charge is 0.0487 e. The van der Waals surface area contributed by atoms with Crippen LogP contribution in [0.1, 0.15) is 19.4 Å². The lowest BCUT2D eigenvalue weighted by Gasteiger charge is -2.11. The van der Waals surface area contributed by atoms with Crippen molar-refractivity contribution in [3.8, 4) is 0 Å². The maximum atomic E-state index is 3.57. The summed E-state index contributed by atoms with van der Waals surface area (Å²) in [5, 5.41) is 3.41. The number of nitrogens with one attached hydrogen (secondary N) is 1. The molecular weight excluding hydrogens is 226 g/mol. The van der Waals surface area contributed by atoms with E-state index in [2.05, 4.69) is 60.2 Å². The molecule has 0 aliphatic carbocycles. The Bertz CT molecular complexity index is 281. The predicted molar refractivity (Wildman–Crippen MR) is 62.2 cm³/mol. The largest absolute Gasteiger partial charge is 0.384 e. The molecule has 0 bridgehead atoms. The van der Waals surface area contributed by atoms with Crippen LogP contribution in [0.25, 0.3) is 0 Å². The van der Waals surface area contributed by atoms with E-state index in [0.717, 1.165) is 6.54 Å². The second-order valence-corrected chi connectivity index (χ2v) is 4.50. The van der Waals surface area contributed by atoms with Crippen molar-refractivity contribution >= 4 is 21.6 Å². The quantitative estimate of drug-likeness (QED) is 0.849. The molecule has 0 spiro atoms. The van der Waals surface area contributed by atoms with E-state index < -0.39 is 0 Å². The Hall–Kier alpha value is -0.500. The molecule has 72 valence electrons. The van der Waals surface area contributed by atoms with Gasteiger partial charge in [0.05, 0.1) is 0 Å². The van der Waals surface area contributed by atoms with Gasteiger partial charge in [-0.2, -0.15) is 0 Å². The topological polar surface area (TPSA) is 12.0 Å². The van der Waals surface area contributed by atoms with Crippen molar-refractivity contribution in [3.63, 3.8) is 0 Å². The van der Waals surface area contributed by atoms with Crippen LogP contribution in [0.2, 0.25) is 0 Å². The average Bonchev–Trinajstić information content (AvgIpc) is 2.07. The van der Waals surface area contributed by atoms with E-state index in [1.807, 2.05) is 0 Å². The first-order chi connectivity index (χ1) is 6.11. The Labute approximate surface area is 88.7 Å². The first kappa shape index (κ1) is 10.6. The maximum Gasteiger partial charge on any atom is 0.0487 e. The van der Waals surface area contributed by atoms with E-state index in [1.165, 1.54) is 15.7 Å². The van der Waals surface area contributed by atoms with Gasteiger partial charge in [0.15, 0.2) is 0 Å². The second-order valence-electron chi connectivity index (χ2n) is 3.71. The zero-order valence-electron chi connectivity index (χ0n) is 8.39. The zero-order valence-corrected chi connectivity index (χ0v) is 9.98. The molecule has 0 saturated heterocycles. The van der Waals surface area contributed by atoms with Gasteiger partial charge in [-0.15, -0.1) is 0 Å². The third-order valence-electron chi connectivity index (χ3n) is 1.89. The maximum absolute atomic E-state index is 3.57. The first-order valence-corrected chi connectivity index (χ1v) is 5.39. The normalized spacial score (nSPS) is 10.5. The van der Waals surface area contributed by atoms with Gasteiger partial charge in [-0.25, -0.2) is 0 Å². The molecule has 1 rings (SSSR count).